The minimum atomic E-state index is -0.411. The van der Waals surface area contributed by atoms with Gasteiger partial charge in [-0.15, -0.1) is 0 Å². The molecule has 18 heavy (non-hydrogen) atoms. The second-order valence-electron chi connectivity index (χ2n) is 3.47. The van der Waals surface area contributed by atoms with E-state index in [1.165, 1.54) is 12.1 Å². The molecule has 1 aromatic heterocycles. The fourth-order valence-corrected chi connectivity index (χ4v) is 2.04. The molecule has 2 aromatic rings. The van der Waals surface area contributed by atoms with Gasteiger partial charge in [0.25, 0.3) is 5.91 Å². The number of rotatable bonds is 2. The molecule has 0 saturated carbocycles. The lowest BCUT2D eigenvalue weighted by Crippen LogP contribution is -2.13. The maximum absolute atomic E-state index is 11.9. The van der Waals surface area contributed by atoms with Gasteiger partial charge in [0.2, 0.25) is 0 Å². The Hall–Kier alpha value is -1.40. The number of carbonyl (C=O) groups is 1. The molecule has 0 aliphatic rings. The van der Waals surface area contributed by atoms with Gasteiger partial charge >= 0.3 is 0 Å². The van der Waals surface area contributed by atoms with Gasteiger partial charge in [-0.1, -0.05) is 31.9 Å². The fourth-order valence-electron chi connectivity index (χ4n) is 1.35. The highest BCUT2D eigenvalue weighted by Gasteiger charge is 2.12. The second kappa shape index (κ2) is 5.49. The van der Waals surface area contributed by atoms with E-state index in [-0.39, 0.29) is 11.3 Å². The van der Waals surface area contributed by atoms with E-state index in [0.29, 0.717) is 10.3 Å². The lowest BCUT2D eigenvalue weighted by molar-refractivity contribution is 0.102. The molecular formula is C12H8Br2N2O2. The molecule has 0 aliphatic carbocycles. The zero-order valence-corrected chi connectivity index (χ0v) is 12.2. The number of phenolic OH excluding ortho intramolecular Hbond substituents is 1. The predicted molar refractivity (Wildman–Crippen MR) is 75.7 cm³/mol. The number of hydrogen-bond acceptors (Lipinski definition) is 3. The summed E-state index contributed by atoms with van der Waals surface area (Å²) < 4.78 is 1.52. The summed E-state index contributed by atoms with van der Waals surface area (Å²) in [5, 5.41) is 12.3. The van der Waals surface area contributed by atoms with Crippen molar-refractivity contribution in [2.24, 2.45) is 0 Å². The number of nitrogens with one attached hydrogen (secondary N) is 1. The van der Waals surface area contributed by atoms with Crippen LogP contribution in [0, 0.1) is 0 Å². The summed E-state index contributed by atoms with van der Waals surface area (Å²) in [7, 11) is 0. The quantitative estimate of drug-likeness (QED) is 0.848. The van der Waals surface area contributed by atoms with Gasteiger partial charge in [0.15, 0.2) is 0 Å². The van der Waals surface area contributed by atoms with Gasteiger partial charge in [0.1, 0.15) is 11.6 Å². The van der Waals surface area contributed by atoms with Gasteiger partial charge in [-0.3, -0.25) is 4.79 Å². The Bertz CT molecular complexity index is 602. The van der Waals surface area contributed by atoms with Crippen molar-refractivity contribution in [3.63, 3.8) is 0 Å². The third-order valence-electron chi connectivity index (χ3n) is 2.17. The standard InChI is InChI=1S/C12H8Br2N2O2/c13-7-1-2-9(10(17)5-7)12(18)16-11-6-8(14)3-4-15-11/h1-6,17H,(H,15,16,18). The summed E-state index contributed by atoms with van der Waals surface area (Å²) in [6.45, 7) is 0. The van der Waals surface area contributed by atoms with Gasteiger partial charge in [0.05, 0.1) is 5.56 Å². The number of benzene rings is 1. The number of carbonyl (C=O) groups excluding carboxylic acids is 1. The summed E-state index contributed by atoms with van der Waals surface area (Å²) in [6.07, 6.45) is 1.57. The molecule has 0 unspecified atom stereocenters. The molecule has 0 saturated heterocycles. The Morgan fingerprint density at radius 3 is 2.56 bits per heavy atom. The molecule has 1 heterocycles. The van der Waals surface area contributed by atoms with E-state index >= 15 is 0 Å². The zero-order chi connectivity index (χ0) is 13.1. The fraction of sp³-hybridized carbons (Fsp3) is 0. The first-order chi connectivity index (χ1) is 8.56. The van der Waals surface area contributed by atoms with Crippen LogP contribution >= 0.6 is 31.9 Å². The van der Waals surface area contributed by atoms with Gasteiger partial charge in [-0.25, -0.2) is 4.98 Å². The molecule has 0 spiro atoms. The number of hydrogen-bond donors (Lipinski definition) is 2. The molecule has 6 heteroatoms. The van der Waals surface area contributed by atoms with Crippen molar-refractivity contribution < 1.29 is 9.90 Å². The van der Waals surface area contributed by atoms with Gasteiger partial charge in [-0.2, -0.15) is 0 Å². The van der Waals surface area contributed by atoms with Gasteiger partial charge in [0, 0.05) is 15.1 Å². The summed E-state index contributed by atoms with van der Waals surface area (Å²) in [6, 6.07) is 8.11. The molecule has 0 fully saturated rings. The molecule has 0 atom stereocenters. The third kappa shape index (κ3) is 3.08. The van der Waals surface area contributed by atoms with Crippen LogP contribution in [0.25, 0.3) is 0 Å². The van der Waals surface area contributed by atoms with Crippen molar-refractivity contribution in [3.8, 4) is 5.75 Å². The van der Waals surface area contributed by atoms with E-state index in [4.69, 9.17) is 0 Å². The molecule has 0 radical (unpaired) electrons. The Labute approximate surface area is 120 Å². The predicted octanol–water partition coefficient (Wildman–Crippen LogP) is 3.56. The number of aromatic hydroxyl groups is 1. The minimum absolute atomic E-state index is 0.0862. The molecule has 4 nitrogen and oxygen atoms in total. The average molecular weight is 372 g/mol. The lowest BCUT2D eigenvalue weighted by Gasteiger charge is -2.06. The van der Waals surface area contributed by atoms with Crippen LogP contribution in [0.1, 0.15) is 10.4 Å². The van der Waals surface area contributed by atoms with Crippen LogP contribution in [0.3, 0.4) is 0 Å². The molecule has 1 aromatic carbocycles. The van der Waals surface area contributed by atoms with Crippen molar-refractivity contribution in [1.29, 1.82) is 0 Å². The highest BCUT2D eigenvalue weighted by atomic mass is 79.9. The van der Waals surface area contributed by atoms with Crippen molar-refractivity contribution >= 4 is 43.6 Å². The molecule has 92 valence electrons. The summed E-state index contributed by atoms with van der Waals surface area (Å²) in [5.74, 6) is -0.0841. The number of pyridine rings is 1. The molecule has 2 rings (SSSR count). The Kier molecular flexibility index (Phi) is 3.98. The second-order valence-corrected chi connectivity index (χ2v) is 5.31. The number of anilines is 1. The van der Waals surface area contributed by atoms with E-state index in [0.717, 1.165) is 4.47 Å². The molecule has 0 aliphatic heterocycles. The van der Waals surface area contributed by atoms with Crippen LogP contribution in [0.4, 0.5) is 5.82 Å². The number of nitrogens with zero attached hydrogens (tertiary/aromatic N) is 1. The monoisotopic (exact) mass is 370 g/mol. The van der Waals surface area contributed by atoms with E-state index in [1.807, 2.05) is 0 Å². The number of halogens is 2. The van der Waals surface area contributed by atoms with Crippen molar-refractivity contribution in [2.45, 2.75) is 0 Å². The normalized spacial score (nSPS) is 10.1. The summed E-state index contributed by atoms with van der Waals surface area (Å²) >= 11 is 6.50. The first-order valence-electron chi connectivity index (χ1n) is 4.97. The highest BCUT2D eigenvalue weighted by molar-refractivity contribution is 9.10. The number of phenols is 1. The highest BCUT2D eigenvalue weighted by Crippen LogP contribution is 2.23. The van der Waals surface area contributed by atoms with E-state index < -0.39 is 5.91 Å². The van der Waals surface area contributed by atoms with Crippen molar-refractivity contribution in [2.75, 3.05) is 5.32 Å². The Morgan fingerprint density at radius 1 is 1.17 bits per heavy atom. The molecule has 1 amide bonds. The number of aromatic nitrogens is 1. The van der Waals surface area contributed by atoms with Gasteiger partial charge < -0.3 is 10.4 Å². The van der Waals surface area contributed by atoms with Crippen molar-refractivity contribution in [3.05, 3.63) is 51.0 Å². The van der Waals surface area contributed by atoms with Crippen LogP contribution in [0.5, 0.6) is 5.75 Å². The maximum Gasteiger partial charge on any atom is 0.260 e. The van der Waals surface area contributed by atoms with Crippen LogP contribution in [-0.4, -0.2) is 16.0 Å². The number of amides is 1. The van der Waals surface area contributed by atoms with E-state index in [1.54, 1.807) is 24.4 Å². The molecule has 2 N–H and O–H groups in total. The molecular weight excluding hydrogens is 364 g/mol. The summed E-state index contributed by atoms with van der Waals surface area (Å²) in [4.78, 5) is 15.9. The largest absolute Gasteiger partial charge is 0.507 e. The smallest absolute Gasteiger partial charge is 0.260 e. The first-order valence-corrected chi connectivity index (χ1v) is 6.56. The van der Waals surface area contributed by atoms with Crippen LogP contribution < -0.4 is 5.32 Å². The Morgan fingerprint density at radius 2 is 1.89 bits per heavy atom. The first kappa shape index (κ1) is 13.0. The topological polar surface area (TPSA) is 62.2 Å². The minimum Gasteiger partial charge on any atom is -0.507 e. The average Bonchev–Trinajstić information content (AvgIpc) is 2.28. The van der Waals surface area contributed by atoms with E-state index in [9.17, 15) is 9.90 Å². The maximum atomic E-state index is 11.9. The molecule has 0 bridgehead atoms. The van der Waals surface area contributed by atoms with Crippen LogP contribution in [0.2, 0.25) is 0 Å². The van der Waals surface area contributed by atoms with Crippen LogP contribution in [0.15, 0.2) is 45.5 Å². The lowest BCUT2D eigenvalue weighted by atomic mass is 10.2. The van der Waals surface area contributed by atoms with Gasteiger partial charge in [-0.05, 0) is 30.3 Å². The Balaban J connectivity index is 2.22. The third-order valence-corrected chi connectivity index (χ3v) is 3.15. The van der Waals surface area contributed by atoms with Crippen molar-refractivity contribution in [1.82, 2.24) is 4.98 Å². The summed E-state index contributed by atoms with van der Waals surface area (Å²) in [5.41, 5.74) is 0.194. The van der Waals surface area contributed by atoms with Crippen LogP contribution in [-0.2, 0) is 0 Å². The van der Waals surface area contributed by atoms with E-state index in [2.05, 4.69) is 42.2 Å². The SMILES string of the molecule is O=C(Nc1cc(Br)ccn1)c1ccc(Br)cc1O. The zero-order valence-electron chi connectivity index (χ0n) is 9.02.